The van der Waals surface area contributed by atoms with Gasteiger partial charge in [-0.05, 0) is 62.6 Å². The zero-order valence-electron chi connectivity index (χ0n) is 25.9. The molecule has 16 heteroatoms. The van der Waals surface area contributed by atoms with Crippen LogP contribution in [0.1, 0.15) is 64.5 Å². The molecule has 16 nitrogen and oxygen atoms in total. The van der Waals surface area contributed by atoms with Gasteiger partial charge in [0.2, 0.25) is 23.6 Å². The number of anilines is 1. The number of carboxylic acid groups (broad SMARTS) is 1. The third kappa shape index (κ3) is 11.2. The minimum atomic E-state index is -1.55. The summed E-state index contributed by atoms with van der Waals surface area (Å²) in [4.78, 5) is 70.3. The third-order valence-electron chi connectivity index (χ3n) is 7.33. The van der Waals surface area contributed by atoms with Crippen molar-refractivity contribution in [2.45, 2.75) is 89.2 Å². The van der Waals surface area contributed by atoms with E-state index in [-0.39, 0.29) is 44.2 Å². The molecule has 0 unspecified atom stereocenters. The molecule has 250 valence electrons. The average Bonchev–Trinajstić information content (AvgIpc) is 3.45. The number of rotatable bonds is 16. The largest absolute Gasteiger partial charge is 0.480 e. The number of aliphatic imine (C=N–C) groups is 1. The van der Waals surface area contributed by atoms with Gasteiger partial charge in [0.25, 0.3) is 0 Å². The van der Waals surface area contributed by atoms with E-state index in [0.29, 0.717) is 24.1 Å². The van der Waals surface area contributed by atoms with Gasteiger partial charge in [-0.2, -0.15) is 0 Å². The summed E-state index contributed by atoms with van der Waals surface area (Å²) in [6.45, 7) is 5.44. The maximum Gasteiger partial charge on any atom is 0.328 e. The lowest BCUT2D eigenvalue weighted by molar-refractivity contribution is -0.147. The molecule has 0 aliphatic carbocycles. The predicted molar refractivity (Wildman–Crippen MR) is 167 cm³/mol. The molecule has 1 saturated heterocycles. The number of aliphatic hydroxyl groups excluding tert-OH is 1. The van der Waals surface area contributed by atoms with Gasteiger partial charge < -0.3 is 54.0 Å². The number of nitrogens with two attached hydrogens (primary N) is 4. The number of nitrogen functional groups attached to an aromatic ring is 1. The van der Waals surface area contributed by atoms with E-state index in [1.807, 2.05) is 13.8 Å². The van der Waals surface area contributed by atoms with Crippen LogP contribution < -0.4 is 38.9 Å². The van der Waals surface area contributed by atoms with E-state index in [2.05, 4.69) is 20.9 Å². The minimum Gasteiger partial charge on any atom is -0.480 e. The van der Waals surface area contributed by atoms with E-state index in [1.165, 1.54) is 11.8 Å². The van der Waals surface area contributed by atoms with Crippen molar-refractivity contribution in [1.29, 1.82) is 0 Å². The number of nitrogens with zero attached hydrogens (tertiary/aromatic N) is 2. The van der Waals surface area contributed by atoms with Crippen molar-refractivity contribution in [2.75, 3.05) is 18.8 Å². The molecular weight excluding hydrogens is 586 g/mol. The number of amides is 4. The second-order valence-corrected chi connectivity index (χ2v) is 11.6. The molecule has 0 aromatic heterocycles. The Morgan fingerprint density at radius 1 is 1.02 bits per heavy atom. The van der Waals surface area contributed by atoms with Gasteiger partial charge in [0.15, 0.2) is 12.0 Å². The van der Waals surface area contributed by atoms with Crippen LogP contribution in [0.4, 0.5) is 5.69 Å². The van der Waals surface area contributed by atoms with Crippen molar-refractivity contribution in [1.82, 2.24) is 20.9 Å². The lowest BCUT2D eigenvalue weighted by atomic mass is 9.99. The molecule has 1 fully saturated rings. The number of aliphatic hydroxyl groups is 1. The molecule has 0 bridgehead atoms. The normalized spacial score (nSPS) is 17.8. The summed E-state index contributed by atoms with van der Waals surface area (Å²) in [6, 6.07) is 0.464. The first-order chi connectivity index (χ1) is 21.1. The van der Waals surface area contributed by atoms with Crippen LogP contribution in [-0.4, -0.2) is 94.0 Å². The fraction of sp³-hybridized carbons (Fsp3) is 0.586. The Labute approximate surface area is 262 Å². The number of hydrogen-bond donors (Lipinski definition) is 9. The Bertz CT molecular complexity index is 1220. The van der Waals surface area contributed by atoms with Crippen LogP contribution in [0.5, 0.6) is 0 Å². The quantitative estimate of drug-likeness (QED) is 0.0427. The van der Waals surface area contributed by atoms with Gasteiger partial charge in [0.05, 0.1) is 12.1 Å². The lowest BCUT2D eigenvalue weighted by Gasteiger charge is -2.31. The SMILES string of the molecule is CC(C)C[C@H](NC(=O)[C@H](NC(=O)[C@@H](N)CCCN=C(N)N)c1ccc(N)cc1)C(=O)N1CCC[C@H]1C(=O)N[C@H](C(=O)O)[C@@H](C)O. The molecule has 6 atom stereocenters. The molecule has 13 N–H and O–H groups in total. The Morgan fingerprint density at radius 3 is 2.22 bits per heavy atom. The number of benzene rings is 1. The number of nitrogens with one attached hydrogen (secondary N) is 3. The summed E-state index contributed by atoms with van der Waals surface area (Å²) in [5, 5.41) is 26.9. The highest BCUT2D eigenvalue weighted by molar-refractivity contribution is 5.96. The highest BCUT2D eigenvalue weighted by Gasteiger charge is 2.40. The fourth-order valence-corrected chi connectivity index (χ4v) is 4.98. The summed E-state index contributed by atoms with van der Waals surface area (Å²) >= 11 is 0. The van der Waals surface area contributed by atoms with Crippen LogP contribution >= 0.6 is 0 Å². The maximum absolute atomic E-state index is 13.8. The zero-order valence-corrected chi connectivity index (χ0v) is 25.9. The molecule has 45 heavy (non-hydrogen) atoms. The average molecular weight is 634 g/mol. The van der Waals surface area contributed by atoms with Crippen molar-refractivity contribution in [3.8, 4) is 0 Å². The van der Waals surface area contributed by atoms with E-state index < -0.39 is 65.9 Å². The van der Waals surface area contributed by atoms with Crippen LogP contribution in [0.25, 0.3) is 0 Å². The van der Waals surface area contributed by atoms with E-state index >= 15 is 0 Å². The molecule has 2 rings (SSSR count). The second kappa shape index (κ2) is 17.2. The van der Waals surface area contributed by atoms with E-state index in [0.717, 1.165) is 0 Å². The van der Waals surface area contributed by atoms with E-state index in [9.17, 15) is 34.2 Å². The Kier molecular flexibility index (Phi) is 14.0. The fourth-order valence-electron chi connectivity index (χ4n) is 4.98. The first-order valence-electron chi connectivity index (χ1n) is 14.9. The van der Waals surface area contributed by atoms with Gasteiger partial charge in [-0.25, -0.2) is 4.79 Å². The molecular formula is C29H47N9O7. The minimum absolute atomic E-state index is 0.0519. The zero-order chi connectivity index (χ0) is 33.8. The summed E-state index contributed by atoms with van der Waals surface area (Å²) in [5.74, 6) is -4.08. The maximum atomic E-state index is 13.8. The van der Waals surface area contributed by atoms with Gasteiger partial charge in [0, 0.05) is 18.8 Å². The van der Waals surface area contributed by atoms with Crippen LogP contribution in [0.2, 0.25) is 0 Å². The smallest absolute Gasteiger partial charge is 0.328 e. The molecule has 1 aliphatic rings. The highest BCUT2D eigenvalue weighted by Crippen LogP contribution is 2.22. The number of likely N-dealkylation sites (tertiary alicyclic amines) is 1. The molecule has 1 aliphatic heterocycles. The third-order valence-corrected chi connectivity index (χ3v) is 7.33. The standard InChI is InChI=1S/C29H47N9O7/c1-15(2)14-20(27(43)38-13-5-7-21(38)25(41)36-22(16(3)39)28(44)45)35-26(42)23(17-8-10-18(30)11-9-17)37-24(40)19(31)6-4-12-34-29(32)33/h8-11,15-16,19-23,39H,4-7,12-14,30-31H2,1-3H3,(H,35,42)(H,36,41)(H,37,40)(H,44,45)(H4,32,33,34)/t16-,19+,20+,21+,22+,23-/m1/s1. The predicted octanol–water partition coefficient (Wildman–Crippen LogP) is -1.72. The number of aliphatic carboxylic acids is 1. The van der Waals surface area contributed by atoms with Crippen LogP contribution in [0.15, 0.2) is 29.3 Å². The molecule has 1 aromatic rings. The Hall–Kier alpha value is -4.44. The van der Waals surface area contributed by atoms with Crippen LogP contribution in [0.3, 0.4) is 0 Å². The summed E-state index contributed by atoms with van der Waals surface area (Å²) in [7, 11) is 0. The molecule has 1 aromatic carbocycles. The summed E-state index contributed by atoms with van der Waals surface area (Å²) in [5.41, 5.74) is 23.4. The summed E-state index contributed by atoms with van der Waals surface area (Å²) in [6.07, 6.45) is 0.264. The van der Waals surface area contributed by atoms with Crippen molar-refractivity contribution in [2.24, 2.45) is 28.1 Å². The highest BCUT2D eigenvalue weighted by atomic mass is 16.4. The number of carbonyl (C=O) groups excluding carboxylic acids is 4. The van der Waals surface area contributed by atoms with Gasteiger partial charge in [-0.1, -0.05) is 26.0 Å². The number of carboxylic acids is 1. The van der Waals surface area contributed by atoms with Crippen molar-refractivity contribution in [3.63, 3.8) is 0 Å². The first kappa shape index (κ1) is 36.8. The number of guanidine groups is 1. The Balaban J connectivity index is 2.27. The monoisotopic (exact) mass is 633 g/mol. The van der Waals surface area contributed by atoms with E-state index in [1.54, 1.807) is 24.3 Å². The topological polar surface area (TPSA) is 282 Å². The van der Waals surface area contributed by atoms with E-state index in [4.69, 9.17) is 22.9 Å². The van der Waals surface area contributed by atoms with Gasteiger partial charge in [0.1, 0.15) is 18.1 Å². The molecule has 0 spiro atoms. The van der Waals surface area contributed by atoms with Gasteiger partial charge in [-0.3, -0.25) is 24.2 Å². The van der Waals surface area contributed by atoms with Gasteiger partial charge in [-0.15, -0.1) is 0 Å². The number of hydrogen-bond acceptors (Lipinski definition) is 9. The Morgan fingerprint density at radius 2 is 1.67 bits per heavy atom. The first-order valence-corrected chi connectivity index (χ1v) is 14.9. The van der Waals surface area contributed by atoms with Gasteiger partial charge >= 0.3 is 5.97 Å². The van der Waals surface area contributed by atoms with Crippen molar-refractivity contribution < 1.29 is 34.2 Å². The van der Waals surface area contributed by atoms with Crippen LogP contribution in [-0.2, 0) is 24.0 Å². The van der Waals surface area contributed by atoms with Crippen molar-refractivity contribution in [3.05, 3.63) is 29.8 Å². The molecule has 0 radical (unpaired) electrons. The van der Waals surface area contributed by atoms with Crippen LogP contribution in [0, 0.1) is 5.92 Å². The number of carbonyl (C=O) groups is 5. The summed E-state index contributed by atoms with van der Waals surface area (Å²) < 4.78 is 0. The lowest BCUT2D eigenvalue weighted by Crippen LogP contribution is -2.58. The molecule has 4 amide bonds. The molecule has 1 heterocycles. The molecule has 0 saturated carbocycles. The van der Waals surface area contributed by atoms with Crippen molar-refractivity contribution >= 4 is 41.2 Å². The second-order valence-electron chi connectivity index (χ2n) is 11.6.